The largest absolute Gasteiger partial charge is 0.326 e. The molecule has 2 heteroatoms. The van der Waals surface area contributed by atoms with Gasteiger partial charge in [-0.2, -0.15) is 0 Å². The fourth-order valence-electron chi connectivity index (χ4n) is 1.29. The molecule has 1 rings (SSSR count). The first-order valence-corrected chi connectivity index (χ1v) is 4.82. The van der Waals surface area contributed by atoms with Crippen molar-refractivity contribution >= 4 is 11.6 Å². The van der Waals surface area contributed by atoms with Crippen molar-refractivity contribution in [2.75, 3.05) is 0 Å². The van der Waals surface area contributed by atoms with E-state index < -0.39 is 0 Å². The molecule has 0 spiro atoms. The molecule has 0 heterocycles. The molecular formula is C11H16ClN. The first-order chi connectivity index (χ1) is 5.95. The van der Waals surface area contributed by atoms with Crippen molar-refractivity contribution in [2.45, 2.75) is 32.7 Å². The van der Waals surface area contributed by atoms with E-state index in [1.165, 1.54) is 5.56 Å². The molecule has 0 aromatic heterocycles. The lowest BCUT2D eigenvalue weighted by Crippen LogP contribution is -2.12. The highest BCUT2D eigenvalue weighted by atomic mass is 35.5. The first kappa shape index (κ1) is 10.6. The second-order valence-electron chi connectivity index (χ2n) is 4.27. The van der Waals surface area contributed by atoms with Crippen LogP contribution in [0.2, 0.25) is 5.02 Å². The van der Waals surface area contributed by atoms with Crippen LogP contribution >= 0.6 is 11.6 Å². The normalized spacial score (nSPS) is 11.8. The third kappa shape index (κ3) is 2.45. The van der Waals surface area contributed by atoms with Crippen molar-refractivity contribution in [3.8, 4) is 0 Å². The molecule has 0 fully saturated rings. The summed E-state index contributed by atoms with van der Waals surface area (Å²) in [5.74, 6) is 0. The van der Waals surface area contributed by atoms with E-state index in [1.54, 1.807) is 0 Å². The Bertz CT molecular complexity index is 299. The lowest BCUT2D eigenvalue weighted by molar-refractivity contribution is 0.590. The zero-order chi connectivity index (χ0) is 10.1. The molecule has 0 aliphatic carbocycles. The van der Waals surface area contributed by atoms with Gasteiger partial charge in [0, 0.05) is 11.6 Å². The Labute approximate surface area is 84.9 Å². The third-order valence-corrected chi connectivity index (χ3v) is 2.39. The molecule has 1 aromatic carbocycles. The van der Waals surface area contributed by atoms with Crippen molar-refractivity contribution in [1.82, 2.24) is 0 Å². The Balaban J connectivity index is 3.13. The molecule has 0 atom stereocenters. The van der Waals surface area contributed by atoms with Crippen molar-refractivity contribution in [3.63, 3.8) is 0 Å². The van der Waals surface area contributed by atoms with Gasteiger partial charge in [-0.05, 0) is 22.6 Å². The van der Waals surface area contributed by atoms with E-state index >= 15 is 0 Å². The van der Waals surface area contributed by atoms with Crippen molar-refractivity contribution in [1.29, 1.82) is 0 Å². The summed E-state index contributed by atoms with van der Waals surface area (Å²) in [6, 6.07) is 6.04. The molecule has 0 aliphatic rings. The zero-order valence-corrected chi connectivity index (χ0v) is 9.15. The number of hydrogen-bond acceptors (Lipinski definition) is 1. The van der Waals surface area contributed by atoms with Gasteiger partial charge in [0.1, 0.15) is 0 Å². The summed E-state index contributed by atoms with van der Waals surface area (Å²) < 4.78 is 0. The van der Waals surface area contributed by atoms with Crippen LogP contribution in [0.1, 0.15) is 31.9 Å². The Morgan fingerprint density at radius 3 is 2.31 bits per heavy atom. The smallest absolute Gasteiger partial charge is 0.0446 e. The SMILES string of the molecule is CC(C)(C)c1ccc(CN)cc1Cl. The fourth-order valence-corrected chi connectivity index (χ4v) is 1.78. The monoisotopic (exact) mass is 197 g/mol. The van der Waals surface area contributed by atoms with Gasteiger partial charge < -0.3 is 5.73 Å². The average molecular weight is 198 g/mol. The predicted octanol–water partition coefficient (Wildman–Crippen LogP) is 3.10. The van der Waals surface area contributed by atoms with E-state index in [1.807, 2.05) is 12.1 Å². The molecule has 1 nitrogen and oxygen atoms in total. The average Bonchev–Trinajstić information content (AvgIpc) is 2.01. The molecule has 13 heavy (non-hydrogen) atoms. The van der Waals surface area contributed by atoms with Gasteiger partial charge in [-0.15, -0.1) is 0 Å². The molecular weight excluding hydrogens is 182 g/mol. The Kier molecular flexibility index (Phi) is 2.99. The number of rotatable bonds is 1. The van der Waals surface area contributed by atoms with Crippen LogP contribution < -0.4 is 5.73 Å². The minimum Gasteiger partial charge on any atom is -0.326 e. The summed E-state index contributed by atoms with van der Waals surface area (Å²) in [6.45, 7) is 6.99. The second kappa shape index (κ2) is 3.69. The van der Waals surface area contributed by atoms with Crippen LogP contribution in [0.5, 0.6) is 0 Å². The summed E-state index contributed by atoms with van der Waals surface area (Å²) in [4.78, 5) is 0. The van der Waals surface area contributed by atoms with Gasteiger partial charge >= 0.3 is 0 Å². The molecule has 1 aromatic rings. The van der Waals surface area contributed by atoms with E-state index in [0.717, 1.165) is 10.6 Å². The summed E-state index contributed by atoms with van der Waals surface area (Å²) in [5, 5.41) is 0.815. The molecule has 0 saturated carbocycles. The Hall–Kier alpha value is -0.530. The van der Waals surface area contributed by atoms with Crippen LogP contribution in [0, 0.1) is 0 Å². The second-order valence-corrected chi connectivity index (χ2v) is 4.68. The van der Waals surface area contributed by atoms with Gasteiger partial charge in [0.05, 0.1) is 0 Å². The maximum Gasteiger partial charge on any atom is 0.0446 e. The molecule has 0 amide bonds. The van der Waals surface area contributed by atoms with Crippen LogP contribution in [-0.2, 0) is 12.0 Å². The first-order valence-electron chi connectivity index (χ1n) is 4.44. The van der Waals surface area contributed by atoms with Crippen molar-refractivity contribution in [2.24, 2.45) is 5.73 Å². The number of hydrogen-bond donors (Lipinski definition) is 1. The number of nitrogens with two attached hydrogens (primary N) is 1. The van der Waals surface area contributed by atoms with Gasteiger partial charge in [0.15, 0.2) is 0 Å². The Morgan fingerprint density at radius 2 is 1.92 bits per heavy atom. The molecule has 0 aliphatic heterocycles. The number of halogens is 1. The van der Waals surface area contributed by atoms with Gasteiger partial charge in [-0.25, -0.2) is 0 Å². The predicted molar refractivity (Wildman–Crippen MR) is 58.0 cm³/mol. The van der Waals surface area contributed by atoms with Crippen LogP contribution in [0.3, 0.4) is 0 Å². The third-order valence-electron chi connectivity index (χ3n) is 2.08. The van der Waals surface area contributed by atoms with E-state index in [-0.39, 0.29) is 5.41 Å². The van der Waals surface area contributed by atoms with Gasteiger partial charge in [-0.3, -0.25) is 0 Å². The van der Waals surface area contributed by atoms with Gasteiger partial charge in [0.25, 0.3) is 0 Å². The molecule has 0 radical (unpaired) electrons. The quantitative estimate of drug-likeness (QED) is 0.736. The summed E-state index contributed by atoms with van der Waals surface area (Å²) in [5.41, 5.74) is 7.87. The van der Waals surface area contributed by atoms with Gasteiger partial charge in [0.2, 0.25) is 0 Å². The summed E-state index contributed by atoms with van der Waals surface area (Å²) in [7, 11) is 0. The van der Waals surface area contributed by atoms with Crippen molar-refractivity contribution < 1.29 is 0 Å². The van der Waals surface area contributed by atoms with E-state index in [9.17, 15) is 0 Å². The summed E-state index contributed by atoms with van der Waals surface area (Å²) >= 11 is 6.14. The molecule has 2 N–H and O–H groups in total. The fraction of sp³-hybridized carbons (Fsp3) is 0.455. The summed E-state index contributed by atoms with van der Waals surface area (Å²) in [6.07, 6.45) is 0. The van der Waals surface area contributed by atoms with Crippen LogP contribution in [0.15, 0.2) is 18.2 Å². The van der Waals surface area contributed by atoms with E-state index in [4.69, 9.17) is 17.3 Å². The molecule has 0 bridgehead atoms. The lowest BCUT2D eigenvalue weighted by atomic mass is 9.86. The van der Waals surface area contributed by atoms with Crippen molar-refractivity contribution in [3.05, 3.63) is 34.3 Å². The van der Waals surface area contributed by atoms with Crippen LogP contribution in [0.4, 0.5) is 0 Å². The molecule has 0 saturated heterocycles. The standard InChI is InChI=1S/C11H16ClN/c1-11(2,3)9-5-4-8(7-13)6-10(9)12/h4-6H,7,13H2,1-3H3. The number of benzene rings is 1. The Morgan fingerprint density at radius 1 is 1.31 bits per heavy atom. The molecule has 72 valence electrons. The highest BCUT2D eigenvalue weighted by molar-refractivity contribution is 6.31. The highest BCUT2D eigenvalue weighted by Crippen LogP contribution is 2.29. The lowest BCUT2D eigenvalue weighted by Gasteiger charge is -2.20. The van der Waals surface area contributed by atoms with Gasteiger partial charge in [-0.1, -0.05) is 44.5 Å². The van der Waals surface area contributed by atoms with E-state index in [0.29, 0.717) is 6.54 Å². The highest BCUT2D eigenvalue weighted by Gasteiger charge is 2.16. The zero-order valence-electron chi connectivity index (χ0n) is 8.39. The maximum absolute atomic E-state index is 6.14. The minimum absolute atomic E-state index is 0.101. The van der Waals surface area contributed by atoms with Crippen LogP contribution in [-0.4, -0.2) is 0 Å². The topological polar surface area (TPSA) is 26.0 Å². The van der Waals surface area contributed by atoms with E-state index in [2.05, 4.69) is 26.8 Å². The maximum atomic E-state index is 6.14. The van der Waals surface area contributed by atoms with Crippen LogP contribution in [0.25, 0.3) is 0 Å². The minimum atomic E-state index is 0.101. The molecule has 0 unspecified atom stereocenters.